The van der Waals surface area contributed by atoms with Gasteiger partial charge in [0.25, 0.3) is 5.91 Å². The summed E-state index contributed by atoms with van der Waals surface area (Å²) >= 11 is 0. The first-order valence-corrected chi connectivity index (χ1v) is 8.33. The molecule has 2 aromatic carbocycles. The van der Waals surface area contributed by atoms with Gasteiger partial charge in [0.05, 0.1) is 18.9 Å². The molecule has 0 saturated heterocycles. The maximum Gasteiger partial charge on any atom is 0.271 e. The van der Waals surface area contributed by atoms with Crippen molar-refractivity contribution in [3.8, 4) is 11.5 Å². The third-order valence-corrected chi connectivity index (χ3v) is 3.32. The van der Waals surface area contributed by atoms with E-state index in [9.17, 15) is 4.79 Å². The zero-order valence-electron chi connectivity index (χ0n) is 15.1. The Bertz CT molecular complexity index is 737. The lowest BCUT2D eigenvalue weighted by atomic mass is 10.1. The summed E-state index contributed by atoms with van der Waals surface area (Å²) in [6.45, 7) is 8.36. The second-order valence-corrected chi connectivity index (χ2v) is 5.87. The van der Waals surface area contributed by atoms with Gasteiger partial charge < -0.3 is 9.47 Å². The monoisotopic (exact) mass is 340 g/mol. The molecule has 5 heteroatoms. The number of hydrogen-bond donors (Lipinski definition) is 1. The molecule has 0 aliphatic rings. The van der Waals surface area contributed by atoms with Gasteiger partial charge in [0.1, 0.15) is 0 Å². The number of benzene rings is 2. The molecule has 0 bridgehead atoms. The number of hydrazone groups is 1. The molecule has 0 heterocycles. The molecule has 0 atom stereocenters. The number of ether oxygens (including phenoxy) is 2. The van der Waals surface area contributed by atoms with Crippen molar-refractivity contribution in [3.63, 3.8) is 0 Å². The standard InChI is InChI=1S/C20H24N2O3/c1-5-24-19-12-16(8-11-18(19)25-14(2)3)13-21-22-20(23)17-9-6-15(4)7-10-17/h6-14H,5H2,1-4H3,(H,22,23)/b21-13-. The van der Waals surface area contributed by atoms with Crippen LogP contribution in [0.25, 0.3) is 0 Å². The third kappa shape index (κ3) is 5.64. The Balaban J connectivity index is 2.05. The lowest BCUT2D eigenvalue weighted by Crippen LogP contribution is -2.17. The fraction of sp³-hybridized carbons (Fsp3) is 0.300. The van der Waals surface area contributed by atoms with Gasteiger partial charge in [-0.15, -0.1) is 0 Å². The van der Waals surface area contributed by atoms with E-state index in [0.29, 0.717) is 23.7 Å². The zero-order chi connectivity index (χ0) is 18.2. The van der Waals surface area contributed by atoms with Crippen LogP contribution < -0.4 is 14.9 Å². The average Bonchev–Trinajstić information content (AvgIpc) is 2.57. The molecular formula is C20H24N2O3. The smallest absolute Gasteiger partial charge is 0.271 e. The molecule has 0 saturated carbocycles. The first kappa shape index (κ1) is 18.5. The minimum atomic E-state index is -0.249. The van der Waals surface area contributed by atoms with E-state index < -0.39 is 0 Å². The largest absolute Gasteiger partial charge is 0.490 e. The molecule has 0 aromatic heterocycles. The Morgan fingerprint density at radius 3 is 2.52 bits per heavy atom. The fourth-order valence-electron chi connectivity index (χ4n) is 2.16. The van der Waals surface area contributed by atoms with Crippen molar-refractivity contribution in [2.75, 3.05) is 6.61 Å². The van der Waals surface area contributed by atoms with Gasteiger partial charge in [0, 0.05) is 5.56 Å². The van der Waals surface area contributed by atoms with E-state index in [-0.39, 0.29) is 12.0 Å². The molecule has 2 rings (SSSR count). The number of hydrogen-bond acceptors (Lipinski definition) is 4. The van der Waals surface area contributed by atoms with Gasteiger partial charge in [0.15, 0.2) is 11.5 Å². The summed E-state index contributed by atoms with van der Waals surface area (Å²) in [5.41, 5.74) is 5.00. The highest BCUT2D eigenvalue weighted by Crippen LogP contribution is 2.28. The van der Waals surface area contributed by atoms with Crippen LogP contribution in [0, 0.1) is 6.92 Å². The minimum absolute atomic E-state index is 0.0625. The Hall–Kier alpha value is -2.82. The number of carbonyl (C=O) groups is 1. The van der Waals surface area contributed by atoms with Gasteiger partial charge in [-0.05, 0) is 63.6 Å². The van der Waals surface area contributed by atoms with Crippen LogP contribution in [0.1, 0.15) is 42.3 Å². The van der Waals surface area contributed by atoms with Crippen LogP contribution >= 0.6 is 0 Å². The molecule has 25 heavy (non-hydrogen) atoms. The molecule has 2 aromatic rings. The molecule has 0 aliphatic carbocycles. The number of nitrogens with zero attached hydrogens (tertiary/aromatic N) is 1. The Labute approximate surface area is 148 Å². The summed E-state index contributed by atoms with van der Waals surface area (Å²) in [5, 5.41) is 4.01. The van der Waals surface area contributed by atoms with Crippen molar-refractivity contribution in [2.45, 2.75) is 33.8 Å². The maximum absolute atomic E-state index is 12.0. The van der Waals surface area contributed by atoms with Crippen molar-refractivity contribution in [2.24, 2.45) is 5.10 Å². The predicted octanol–water partition coefficient (Wildman–Crippen LogP) is 3.94. The predicted molar refractivity (Wildman–Crippen MR) is 99.6 cm³/mol. The minimum Gasteiger partial charge on any atom is -0.490 e. The molecular weight excluding hydrogens is 316 g/mol. The van der Waals surface area contributed by atoms with E-state index >= 15 is 0 Å². The first-order chi connectivity index (χ1) is 12.0. The van der Waals surface area contributed by atoms with E-state index in [1.54, 1.807) is 18.3 Å². The average molecular weight is 340 g/mol. The van der Waals surface area contributed by atoms with Crippen molar-refractivity contribution in [1.29, 1.82) is 0 Å². The summed E-state index contributed by atoms with van der Waals surface area (Å²) in [5.74, 6) is 1.10. The normalized spacial score (nSPS) is 10.9. The van der Waals surface area contributed by atoms with E-state index in [1.807, 2.05) is 58.0 Å². The number of rotatable bonds is 7. The lowest BCUT2D eigenvalue weighted by Gasteiger charge is -2.14. The van der Waals surface area contributed by atoms with Crippen molar-refractivity contribution >= 4 is 12.1 Å². The highest BCUT2D eigenvalue weighted by molar-refractivity contribution is 5.94. The van der Waals surface area contributed by atoms with Crippen molar-refractivity contribution in [3.05, 3.63) is 59.2 Å². The van der Waals surface area contributed by atoms with Gasteiger partial charge in [-0.3, -0.25) is 4.79 Å². The Kier molecular flexibility index (Phi) is 6.57. The molecule has 0 spiro atoms. The maximum atomic E-state index is 12.0. The Morgan fingerprint density at radius 1 is 1.16 bits per heavy atom. The van der Waals surface area contributed by atoms with Gasteiger partial charge in [-0.25, -0.2) is 5.43 Å². The molecule has 1 N–H and O–H groups in total. The highest BCUT2D eigenvalue weighted by Gasteiger charge is 2.08. The summed E-state index contributed by atoms with van der Waals surface area (Å²) in [6, 6.07) is 12.9. The van der Waals surface area contributed by atoms with E-state index in [2.05, 4.69) is 10.5 Å². The Morgan fingerprint density at radius 2 is 1.88 bits per heavy atom. The van der Waals surface area contributed by atoms with Crippen LogP contribution in [-0.4, -0.2) is 24.8 Å². The topological polar surface area (TPSA) is 59.9 Å². The van der Waals surface area contributed by atoms with E-state index in [1.165, 1.54) is 0 Å². The van der Waals surface area contributed by atoms with Crippen LogP contribution in [0.4, 0.5) is 0 Å². The van der Waals surface area contributed by atoms with Crippen LogP contribution in [0.3, 0.4) is 0 Å². The van der Waals surface area contributed by atoms with Gasteiger partial charge in [0.2, 0.25) is 0 Å². The van der Waals surface area contributed by atoms with Gasteiger partial charge >= 0.3 is 0 Å². The summed E-state index contributed by atoms with van der Waals surface area (Å²) < 4.78 is 11.3. The summed E-state index contributed by atoms with van der Waals surface area (Å²) in [4.78, 5) is 12.0. The second kappa shape index (κ2) is 8.87. The SMILES string of the molecule is CCOc1cc(/C=N\NC(=O)c2ccc(C)cc2)ccc1OC(C)C. The molecule has 0 unspecified atom stereocenters. The fourth-order valence-corrected chi connectivity index (χ4v) is 2.16. The summed E-state index contributed by atoms with van der Waals surface area (Å²) in [7, 11) is 0. The molecule has 132 valence electrons. The first-order valence-electron chi connectivity index (χ1n) is 8.33. The van der Waals surface area contributed by atoms with Gasteiger partial charge in [-0.1, -0.05) is 17.7 Å². The molecule has 0 radical (unpaired) electrons. The third-order valence-electron chi connectivity index (χ3n) is 3.32. The zero-order valence-corrected chi connectivity index (χ0v) is 15.1. The highest BCUT2D eigenvalue weighted by atomic mass is 16.5. The molecule has 0 fully saturated rings. The van der Waals surface area contributed by atoms with Crippen molar-refractivity contribution in [1.82, 2.24) is 5.43 Å². The van der Waals surface area contributed by atoms with Crippen LogP contribution in [-0.2, 0) is 0 Å². The number of amides is 1. The van der Waals surface area contributed by atoms with Gasteiger partial charge in [-0.2, -0.15) is 5.10 Å². The van der Waals surface area contributed by atoms with Crippen LogP contribution in [0.15, 0.2) is 47.6 Å². The molecule has 5 nitrogen and oxygen atoms in total. The molecule has 1 amide bonds. The molecule has 0 aliphatic heterocycles. The quantitative estimate of drug-likeness (QED) is 0.613. The van der Waals surface area contributed by atoms with Crippen LogP contribution in [0.2, 0.25) is 0 Å². The number of nitrogens with one attached hydrogen (secondary N) is 1. The van der Waals surface area contributed by atoms with E-state index in [4.69, 9.17) is 9.47 Å². The number of carbonyl (C=O) groups excluding carboxylic acids is 1. The summed E-state index contributed by atoms with van der Waals surface area (Å²) in [6.07, 6.45) is 1.64. The van der Waals surface area contributed by atoms with E-state index in [0.717, 1.165) is 11.1 Å². The van der Waals surface area contributed by atoms with Crippen molar-refractivity contribution < 1.29 is 14.3 Å². The lowest BCUT2D eigenvalue weighted by molar-refractivity contribution is 0.0955. The number of aryl methyl sites for hydroxylation is 1. The second-order valence-electron chi connectivity index (χ2n) is 5.87. The van der Waals surface area contributed by atoms with Crippen LogP contribution in [0.5, 0.6) is 11.5 Å².